The number of likely N-dealkylation sites (N-methyl/N-ethyl adjacent to an activating group) is 1. The lowest BCUT2D eigenvalue weighted by atomic mass is 10.2. The Labute approximate surface area is 113 Å². The zero-order chi connectivity index (χ0) is 13.6. The van der Waals surface area contributed by atoms with Crippen molar-refractivity contribution in [3.8, 4) is 0 Å². The van der Waals surface area contributed by atoms with Crippen LogP contribution in [0.4, 0.5) is 5.82 Å². The highest BCUT2D eigenvalue weighted by Crippen LogP contribution is 2.30. The summed E-state index contributed by atoms with van der Waals surface area (Å²) in [4.78, 5) is 4.72. The van der Waals surface area contributed by atoms with Gasteiger partial charge in [0.1, 0.15) is 0 Å². The Bertz CT molecular complexity index is 608. The Morgan fingerprint density at radius 3 is 2.37 bits per heavy atom. The highest BCUT2D eigenvalue weighted by atomic mass is 15.3. The van der Waals surface area contributed by atoms with Crippen LogP contribution in [0.3, 0.4) is 0 Å². The van der Waals surface area contributed by atoms with Gasteiger partial charge in [-0.15, -0.1) is 5.10 Å². The summed E-state index contributed by atoms with van der Waals surface area (Å²) >= 11 is 0. The van der Waals surface area contributed by atoms with Crippen molar-refractivity contribution in [2.75, 3.05) is 38.1 Å². The van der Waals surface area contributed by atoms with Crippen LogP contribution in [0.1, 0.15) is 11.4 Å². The lowest BCUT2D eigenvalue weighted by Gasteiger charge is -2.33. The number of aryl methyl sites for hydroxylation is 3. The third-order valence-electron chi connectivity index (χ3n) is 4.19. The van der Waals surface area contributed by atoms with Gasteiger partial charge in [0.15, 0.2) is 5.82 Å². The quantitative estimate of drug-likeness (QED) is 0.774. The maximum Gasteiger partial charge on any atom is 0.161 e. The fourth-order valence-corrected chi connectivity index (χ4v) is 2.75. The molecule has 0 aromatic carbocycles. The monoisotopic (exact) mass is 259 g/mol. The molecule has 0 N–H and O–H groups in total. The fraction of sp³-hybridized carbons (Fsp3) is 0.571. The van der Waals surface area contributed by atoms with Crippen LogP contribution in [-0.4, -0.2) is 52.9 Å². The van der Waals surface area contributed by atoms with Gasteiger partial charge in [0.25, 0.3) is 0 Å². The molecule has 102 valence electrons. The van der Waals surface area contributed by atoms with Gasteiger partial charge >= 0.3 is 0 Å². The molecule has 1 aliphatic rings. The first-order chi connectivity index (χ1) is 9.08. The summed E-state index contributed by atoms with van der Waals surface area (Å²) < 4.78 is 2.17. The predicted molar refractivity (Wildman–Crippen MR) is 77.7 cm³/mol. The molecule has 0 atom stereocenters. The van der Waals surface area contributed by atoms with E-state index in [1.807, 2.05) is 6.92 Å². The molecule has 1 saturated heterocycles. The average molecular weight is 259 g/mol. The molecule has 0 spiro atoms. The van der Waals surface area contributed by atoms with E-state index in [2.05, 4.69) is 51.8 Å². The molecule has 5 nitrogen and oxygen atoms in total. The van der Waals surface area contributed by atoms with Gasteiger partial charge in [-0.3, -0.25) is 0 Å². The normalized spacial score (nSPS) is 17.4. The van der Waals surface area contributed by atoms with Crippen molar-refractivity contribution in [3.63, 3.8) is 0 Å². The van der Waals surface area contributed by atoms with E-state index in [9.17, 15) is 0 Å². The molecule has 2 aromatic rings. The maximum atomic E-state index is 4.47. The third kappa shape index (κ3) is 1.98. The number of aromatic nitrogens is 3. The molecule has 19 heavy (non-hydrogen) atoms. The van der Waals surface area contributed by atoms with E-state index in [0.717, 1.165) is 37.7 Å². The number of piperazine rings is 1. The molecule has 0 aliphatic carbocycles. The van der Waals surface area contributed by atoms with Crippen molar-refractivity contribution in [2.24, 2.45) is 7.05 Å². The first kappa shape index (κ1) is 12.4. The number of nitrogens with zero attached hydrogens (tertiary/aromatic N) is 5. The topological polar surface area (TPSA) is 37.2 Å². The van der Waals surface area contributed by atoms with Gasteiger partial charge in [-0.05, 0) is 20.9 Å². The molecule has 3 rings (SSSR count). The Morgan fingerprint density at radius 2 is 1.68 bits per heavy atom. The Morgan fingerprint density at radius 1 is 1.00 bits per heavy atom. The minimum absolute atomic E-state index is 1.01. The number of anilines is 1. The minimum atomic E-state index is 1.01. The van der Waals surface area contributed by atoms with Gasteiger partial charge in [-0.2, -0.15) is 5.10 Å². The van der Waals surface area contributed by atoms with E-state index in [4.69, 9.17) is 0 Å². The smallest absolute Gasteiger partial charge is 0.161 e. The molecule has 0 saturated carbocycles. The second-order valence-corrected chi connectivity index (χ2v) is 5.51. The maximum absolute atomic E-state index is 4.47. The Kier molecular flexibility index (Phi) is 2.93. The first-order valence-corrected chi connectivity index (χ1v) is 6.80. The number of hydrogen-bond donors (Lipinski definition) is 0. The molecule has 3 heterocycles. The van der Waals surface area contributed by atoms with E-state index in [-0.39, 0.29) is 0 Å². The van der Waals surface area contributed by atoms with Crippen LogP contribution >= 0.6 is 0 Å². The summed E-state index contributed by atoms with van der Waals surface area (Å²) in [6.45, 7) is 8.41. The zero-order valence-corrected chi connectivity index (χ0v) is 12.1. The predicted octanol–water partition coefficient (Wildman–Crippen LogP) is 1.34. The van der Waals surface area contributed by atoms with Crippen molar-refractivity contribution in [2.45, 2.75) is 13.8 Å². The second-order valence-electron chi connectivity index (χ2n) is 5.51. The van der Waals surface area contributed by atoms with Crippen LogP contribution in [0.2, 0.25) is 0 Å². The molecular formula is C14H21N5. The van der Waals surface area contributed by atoms with Crippen molar-refractivity contribution in [1.82, 2.24) is 19.7 Å². The molecule has 0 amide bonds. The second kappa shape index (κ2) is 4.49. The first-order valence-electron chi connectivity index (χ1n) is 6.80. The molecule has 1 fully saturated rings. The van der Waals surface area contributed by atoms with Crippen molar-refractivity contribution in [3.05, 3.63) is 17.6 Å². The number of fused-ring (bicyclic) bond motifs is 1. The summed E-state index contributed by atoms with van der Waals surface area (Å²) in [5.74, 6) is 1.05. The summed E-state index contributed by atoms with van der Waals surface area (Å²) in [5.41, 5.74) is 2.28. The summed E-state index contributed by atoms with van der Waals surface area (Å²) in [5, 5.41) is 11.3. The summed E-state index contributed by atoms with van der Waals surface area (Å²) in [6, 6.07) is 0. The number of rotatable bonds is 1. The molecular weight excluding hydrogens is 238 g/mol. The fourth-order valence-electron chi connectivity index (χ4n) is 2.75. The van der Waals surface area contributed by atoms with E-state index in [1.54, 1.807) is 0 Å². The van der Waals surface area contributed by atoms with E-state index in [1.165, 1.54) is 16.5 Å². The third-order valence-corrected chi connectivity index (χ3v) is 4.19. The van der Waals surface area contributed by atoms with E-state index < -0.39 is 0 Å². The highest BCUT2D eigenvalue weighted by molar-refractivity contribution is 5.96. The molecule has 5 heteroatoms. The van der Waals surface area contributed by atoms with Gasteiger partial charge in [0.2, 0.25) is 0 Å². The van der Waals surface area contributed by atoms with Crippen molar-refractivity contribution in [1.29, 1.82) is 0 Å². The highest BCUT2D eigenvalue weighted by Gasteiger charge is 2.21. The van der Waals surface area contributed by atoms with Gasteiger partial charge in [0.05, 0.1) is 5.69 Å². The van der Waals surface area contributed by atoms with E-state index >= 15 is 0 Å². The molecule has 1 aliphatic heterocycles. The van der Waals surface area contributed by atoms with Crippen molar-refractivity contribution < 1.29 is 0 Å². The molecule has 2 aromatic heterocycles. The van der Waals surface area contributed by atoms with Gasteiger partial charge < -0.3 is 14.4 Å². The minimum Gasteiger partial charge on any atom is -0.353 e. The zero-order valence-electron chi connectivity index (χ0n) is 12.1. The van der Waals surface area contributed by atoms with Crippen LogP contribution in [0.5, 0.6) is 0 Å². The summed E-state index contributed by atoms with van der Waals surface area (Å²) in [6.07, 6.45) is 2.16. The number of hydrogen-bond acceptors (Lipinski definition) is 4. The van der Waals surface area contributed by atoms with Crippen LogP contribution in [-0.2, 0) is 7.05 Å². The summed E-state index contributed by atoms with van der Waals surface area (Å²) in [7, 11) is 4.25. The standard InChI is InChI=1S/C14H21N5/c1-10-12-9-18(4)11(2)13(12)14(16-15-10)19-7-5-17(3)6-8-19/h9H,5-8H2,1-4H3. The Hall–Kier alpha value is -1.62. The van der Waals surface area contributed by atoms with E-state index in [0.29, 0.717) is 0 Å². The SMILES string of the molecule is Cc1nnc(N2CCN(C)CC2)c2c(C)n(C)cc12. The van der Waals surface area contributed by atoms with Gasteiger partial charge in [-0.1, -0.05) is 0 Å². The van der Waals surface area contributed by atoms with Crippen LogP contribution < -0.4 is 4.90 Å². The molecule has 0 radical (unpaired) electrons. The largest absolute Gasteiger partial charge is 0.353 e. The van der Waals surface area contributed by atoms with Gasteiger partial charge in [0, 0.05) is 55.9 Å². The molecule has 0 unspecified atom stereocenters. The van der Waals surface area contributed by atoms with Gasteiger partial charge in [-0.25, -0.2) is 0 Å². The Balaban J connectivity index is 2.11. The van der Waals surface area contributed by atoms with Crippen LogP contribution in [0.25, 0.3) is 10.8 Å². The van der Waals surface area contributed by atoms with Crippen molar-refractivity contribution >= 4 is 16.6 Å². The lowest BCUT2D eigenvalue weighted by molar-refractivity contribution is 0.312. The average Bonchev–Trinajstić information content (AvgIpc) is 2.70. The lowest BCUT2D eigenvalue weighted by Crippen LogP contribution is -2.45. The van der Waals surface area contributed by atoms with Crippen LogP contribution in [0.15, 0.2) is 6.20 Å². The molecule has 0 bridgehead atoms. The van der Waals surface area contributed by atoms with Crippen LogP contribution in [0, 0.1) is 13.8 Å².